The van der Waals surface area contributed by atoms with Crippen LogP contribution in [0.2, 0.25) is 5.02 Å². The van der Waals surface area contributed by atoms with Gasteiger partial charge in [0.25, 0.3) is 5.91 Å². The molecule has 0 unspecified atom stereocenters. The second kappa shape index (κ2) is 7.14. The number of hydrogen-bond donors (Lipinski definition) is 1. The van der Waals surface area contributed by atoms with Crippen LogP contribution in [0.25, 0.3) is 0 Å². The Morgan fingerprint density at radius 3 is 2.62 bits per heavy atom. The fourth-order valence-electron chi connectivity index (χ4n) is 2.74. The van der Waals surface area contributed by atoms with Crippen molar-refractivity contribution in [1.29, 1.82) is 0 Å². The standard InChI is InChI=1S/C16H22ClNO3/c1-3-21-14-8-7-12(11-13(14)17)18-15(19)16(20-2)9-5-4-6-10-16/h7-8,11H,3-6,9-10H2,1-2H3,(H,18,19). The summed E-state index contributed by atoms with van der Waals surface area (Å²) >= 11 is 6.14. The number of nitrogens with one attached hydrogen (secondary N) is 1. The van der Waals surface area contributed by atoms with Gasteiger partial charge in [-0.05, 0) is 38.0 Å². The van der Waals surface area contributed by atoms with Gasteiger partial charge in [-0.25, -0.2) is 0 Å². The highest BCUT2D eigenvalue weighted by molar-refractivity contribution is 6.32. The van der Waals surface area contributed by atoms with Crippen LogP contribution >= 0.6 is 11.6 Å². The van der Waals surface area contributed by atoms with Gasteiger partial charge in [0.2, 0.25) is 0 Å². The number of carbonyl (C=O) groups is 1. The Morgan fingerprint density at radius 2 is 2.05 bits per heavy atom. The van der Waals surface area contributed by atoms with E-state index in [0.29, 0.717) is 23.1 Å². The maximum atomic E-state index is 12.5. The zero-order chi connectivity index (χ0) is 15.3. The summed E-state index contributed by atoms with van der Waals surface area (Å²) in [7, 11) is 1.61. The van der Waals surface area contributed by atoms with Crippen LogP contribution in [0.4, 0.5) is 5.69 Å². The van der Waals surface area contributed by atoms with Gasteiger partial charge in [0.15, 0.2) is 0 Å². The quantitative estimate of drug-likeness (QED) is 0.893. The molecule has 21 heavy (non-hydrogen) atoms. The van der Waals surface area contributed by atoms with Crippen LogP contribution in [0.1, 0.15) is 39.0 Å². The average Bonchev–Trinajstić information content (AvgIpc) is 2.50. The van der Waals surface area contributed by atoms with Crippen molar-refractivity contribution in [1.82, 2.24) is 0 Å². The summed E-state index contributed by atoms with van der Waals surface area (Å²) in [6.45, 7) is 2.45. The second-order valence-electron chi connectivity index (χ2n) is 5.29. The lowest BCUT2D eigenvalue weighted by molar-refractivity contribution is -0.141. The van der Waals surface area contributed by atoms with Gasteiger partial charge in [0, 0.05) is 12.8 Å². The minimum Gasteiger partial charge on any atom is -0.492 e. The zero-order valence-electron chi connectivity index (χ0n) is 12.6. The van der Waals surface area contributed by atoms with Gasteiger partial charge in [0.1, 0.15) is 11.4 Å². The Bertz CT molecular complexity index is 498. The molecule has 1 aromatic carbocycles. The molecule has 116 valence electrons. The molecule has 0 aliphatic heterocycles. The molecule has 0 heterocycles. The molecule has 1 amide bonds. The second-order valence-corrected chi connectivity index (χ2v) is 5.70. The number of rotatable bonds is 5. The van der Waals surface area contributed by atoms with E-state index in [1.165, 1.54) is 0 Å². The summed E-state index contributed by atoms with van der Waals surface area (Å²) in [4.78, 5) is 12.5. The van der Waals surface area contributed by atoms with Crippen molar-refractivity contribution in [3.05, 3.63) is 23.2 Å². The van der Waals surface area contributed by atoms with Crippen molar-refractivity contribution in [3.8, 4) is 5.75 Å². The topological polar surface area (TPSA) is 47.6 Å². The fourth-order valence-corrected chi connectivity index (χ4v) is 2.98. The van der Waals surface area contributed by atoms with Gasteiger partial charge in [-0.1, -0.05) is 30.9 Å². The number of benzene rings is 1. The van der Waals surface area contributed by atoms with E-state index in [4.69, 9.17) is 21.1 Å². The minimum absolute atomic E-state index is 0.0927. The molecule has 1 aliphatic rings. The minimum atomic E-state index is -0.705. The number of hydrogen-bond acceptors (Lipinski definition) is 3. The van der Waals surface area contributed by atoms with Crippen LogP contribution < -0.4 is 10.1 Å². The third-order valence-corrected chi connectivity index (χ3v) is 4.25. The lowest BCUT2D eigenvalue weighted by Crippen LogP contribution is -2.46. The first-order valence-electron chi connectivity index (χ1n) is 7.40. The highest BCUT2D eigenvalue weighted by Gasteiger charge is 2.39. The Kier molecular flexibility index (Phi) is 5.48. The van der Waals surface area contributed by atoms with Gasteiger partial charge in [0.05, 0.1) is 11.6 Å². The molecule has 0 saturated heterocycles. The third-order valence-electron chi connectivity index (χ3n) is 3.96. The maximum Gasteiger partial charge on any atom is 0.256 e. The van der Waals surface area contributed by atoms with Crippen LogP contribution in [0.5, 0.6) is 5.75 Å². The highest BCUT2D eigenvalue weighted by Crippen LogP contribution is 2.33. The van der Waals surface area contributed by atoms with Crippen LogP contribution in [-0.2, 0) is 9.53 Å². The predicted octanol–water partition coefficient (Wildman–Crippen LogP) is 4.03. The van der Waals surface area contributed by atoms with Gasteiger partial charge >= 0.3 is 0 Å². The van der Waals surface area contributed by atoms with Gasteiger partial charge in [-0.2, -0.15) is 0 Å². The van der Waals surface area contributed by atoms with Crippen molar-refractivity contribution >= 4 is 23.2 Å². The summed E-state index contributed by atoms with van der Waals surface area (Å²) < 4.78 is 10.9. The van der Waals surface area contributed by atoms with E-state index < -0.39 is 5.60 Å². The fraction of sp³-hybridized carbons (Fsp3) is 0.562. The molecular weight excluding hydrogens is 290 g/mol. The smallest absolute Gasteiger partial charge is 0.256 e. The summed E-state index contributed by atoms with van der Waals surface area (Å²) in [6, 6.07) is 5.26. The molecule has 1 fully saturated rings. The molecule has 1 saturated carbocycles. The molecule has 1 N–H and O–H groups in total. The van der Waals surface area contributed by atoms with E-state index in [9.17, 15) is 4.79 Å². The van der Waals surface area contributed by atoms with Gasteiger partial charge in [-0.3, -0.25) is 4.79 Å². The first-order chi connectivity index (χ1) is 10.1. The lowest BCUT2D eigenvalue weighted by atomic mass is 9.84. The Labute approximate surface area is 130 Å². The predicted molar refractivity (Wildman–Crippen MR) is 84.1 cm³/mol. The molecule has 4 nitrogen and oxygen atoms in total. The molecule has 1 aliphatic carbocycles. The number of amides is 1. The van der Waals surface area contributed by atoms with E-state index >= 15 is 0 Å². The van der Waals surface area contributed by atoms with Crippen LogP contribution in [0.15, 0.2) is 18.2 Å². The summed E-state index contributed by atoms with van der Waals surface area (Å²) in [5.74, 6) is 0.529. The van der Waals surface area contributed by atoms with E-state index in [0.717, 1.165) is 32.1 Å². The Balaban J connectivity index is 2.09. The highest BCUT2D eigenvalue weighted by atomic mass is 35.5. The van der Waals surface area contributed by atoms with E-state index in [1.807, 2.05) is 6.92 Å². The molecular formula is C16H22ClNO3. The maximum absolute atomic E-state index is 12.5. The molecule has 0 bridgehead atoms. The summed E-state index contributed by atoms with van der Waals surface area (Å²) in [5.41, 5.74) is -0.0426. The average molecular weight is 312 g/mol. The van der Waals surface area contributed by atoms with Crippen molar-refractivity contribution in [2.45, 2.75) is 44.6 Å². The molecule has 0 aromatic heterocycles. The molecule has 1 aromatic rings. The Morgan fingerprint density at radius 1 is 1.33 bits per heavy atom. The van der Waals surface area contributed by atoms with Crippen molar-refractivity contribution < 1.29 is 14.3 Å². The monoisotopic (exact) mass is 311 g/mol. The number of anilines is 1. The largest absolute Gasteiger partial charge is 0.492 e. The number of halogens is 1. The Hall–Kier alpha value is -1.26. The first-order valence-corrected chi connectivity index (χ1v) is 7.78. The number of carbonyl (C=O) groups excluding carboxylic acids is 1. The first kappa shape index (κ1) is 16.1. The molecule has 0 spiro atoms. The SMILES string of the molecule is CCOc1ccc(NC(=O)C2(OC)CCCCC2)cc1Cl. The normalized spacial score (nSPS) is 17.3. The third kappa shape index (κ3) is 3.69. The molecule has 5 heteroatoms. The molecule has 0 atom stereocenters. The van der Waals surface area contributed by atoms with Crippen LogP contribution in [0, 0.1) is 0 Å². The van der Waals surface area contributed by atoms with Crippen molar-refractivity contribution in [3.63, 3.8) is 0 Å². The molecule has 2 rings (SSSR count). The lowest BCUT2D eigenvalue weighted by Gasteiger charge is -2.34. The van der Waals surface area contributed by atoms with E-state index in [1.54, 1.807) is 25.3 Å². The van der Waals surface area contributed by atoms with Crippen LogP contribution in [0.3, 0.4) is 0 Å². The van der Waals surface area contributed by atoms with Gasteiger partial charge in [-0.15, -0.1) is 0 Å². The van der Waals surface area contributed by atoms with Crippen molar-refractivity contribution in [2.24, 2.45) is 0 Å². The van der Waals surface area contributed by atoms with E-state index in [-0.39, 0.29) is 5.91 Å². The van der Waals surface area contributed by atoms with Crippen LogP contribution in [-0.4, -0.2) is 25.2 Å². The summed E-state index contributed by atoms with van der Waals surface area (Å²) in [6.07, 6.45) is 4.73. The van der Waals surface area contributed by atoms with Gasteiger partial charge < -0.3 is 14.8 Å². The number of ether oxygens (including phenoxy) is 2. The van der Waals surface area contributed by atoms with E-state index in [2.05, 4.69) is 5.32 Å². The zero-order valence-corrected chi connectivity index (χ0v) is 13.3. The molecule has 0 radical (unpaired) electrons. The number of methoxy groups -OCH3 is 1. The van der Waals surface area contributed by atoms with Crippen molar-refractivity contribution in [2.75, 3.05) is 19.0 Å². The summed E-state index contributed by atoms with van der Waals surface area (Å²) in [5, 5.41) is 3.40.